The molecule has 3 rings (SSSR count). The van der Waals surface area contributed by atoms with Gasteiger partial charge in [-0.15, -0.1) is 0 Å². The number of carbonyl (C=O) groups is 1. The van der Waals surface area contributed by atoms with E-state index in [1.807, 2.05) is 24.7 Å². The van der Waals surface area contributed by atoms with Crippen molar-refractivity contribution in [2.24, 2.45) is 19.1 Å². The van der Waals surface area contributed by atoms with Crippen LogP contribution in [-0.4, -0.2) is 20.3 Å². The van der Waals surface area contributed by atoms with E-state index in [1.54, 1.807) is 23.1 Å². The molecule has 0 aliphatic rings. The smallest absolute Gasteiger partial charge is 0.300 e. The van der Waals surface area contributed by atoms with Gasteiger partial charge < -0.3 is 4.57 Å². The molecule has 2 heterocycles. The van der Waals surface area contributed by atoms with Crippen molar-refractivity contribution in [1.29, 1.82) is 0 Å². The molecule has 0 bridgehead atoms. The van der Waals surface area contributed by atoms with Crippen molar-refractivity contribution in [3.63, 3.8) is 0 Å². The van der Waals surface area contributed by atoms with Crippen molar-refractivity contribution >= 4 is 27.5 Å². The maximum absolute atomic E-state index is 12.4. The molecule has 0 atom stereocenters. The minimum absolute atomic E-state index is 0.290. The number of rotatable bonds is 4. The number of thiazole rings is 1. The van der Waals surface area contributed by atoms with Crippen molar-refractivity contribution < 1.29 is 4.79 Å². The number of carbonyl (C=O) groups excluding carboxylic acids is 1. The Labute approximate surface area is 145 Å². The predicted molar refractivity (Wildman–Crippen MR) is 97.2 cm³/mol. The molecule has 0 spiro atoms. The van der Waals surface area contributed by atoms with E-state index in [0.717, 1.165) is 22.2 Å². The maximum Gasteiger partial charge on any atom is 0.300 e. The van der Waals surface area contributed by atoms with Crippen molar-refractivity contribution in [3.05, 3.63) is 46.0 Å². The van der Waals surface area contributed by atoms with Crippen molar-refractivity contribution in [3.8, 4) is 0 Å². The number of benzene rings is 1. The molecule has 2 aromatic heterocycles. The number of amides is 1. The van der Waals surface area contributed by atoms with Gasteiger partial charge in [0, 0.05) is 25.9 Å². The molecule has 0 N–H and O–H groups in total. The molecule has 0 radical (unpaired) electrons. The summed E-state index contributed by atoms with van der Waals surface area (Å²) < 4.78 is 4.78. The third-order valence-corrected chi connectivity index (χ3v) is 5.20. The van der Waals surface area contributed by atoms with E-state index < -0.39 is 0 Å². The normalized spacial score (nSPS) is 12.2. The second-order valence-corrected chi connectivity index (χ2v) is 7.11. The first-order chi connectivity index (χ1) is 11.5. The summed E-state index contributed by atoms with van der Waals surface area (Å²) in [4.78, 5) is 17.4. The maximum atomic E-state index is 12.4. The van der Waals surface area contributed by atoms with Crippen LogP contribution in [0.4, 0.5) is 0 Å². The van der Waals surface area contributed by atoms with Crippen LogP contribution in [0, 0.1) is 6.92 Å². The van der Waals surface area contributed by atoms with Gasteiger partial charge in [-0.25, -0.2) is 0 Å². The SMILES string of the molecule is CCCCc1ccc2c(c1)sc(=NC(=O)c1nn(C)cc1C)n2C. The molecule has 0 aliphatic heterocycles. The zero-order valence-electron chi connectivity index (χ0n) is 14.5. The Morgan fingerprint density at radius 2 is 2.12 bits per heavy atom. The van der Waals surface area contributed by atoms with Gasteiger partial charge >= 0.3 is 0 Å². The van der Waals surface area contributed by atoms with Crippen LogP contribution in [0.1, 0.15) is 41.4 Å². The van der Waals surface area contributed by atoms with Crippen molar-refractivity contribution in [2.75, 3.05) is 0 Å². The number of nitrogens with zero attached hydrogens (tertiary/aromatic N) is 4. The average Bonchev–Trinajstić information content (AvgIpc) is 3.04. The van der Waals surface area contributed by atoms with Crippen LogP contribution in [-0.2, 0) is 20.5 Å². The summed E-state index contributed by atoms with van der Waals surface area (Å²) in [7, 11) is 3.75. The lowest BCUT2D eigenvalue weighted by atomic mass is 10.1. The van der Waals surface area contributed by atoms with Gasteiger partial charge in [-0.05, 0) is 37.5 Å². The Bertz CT molecular complexity index is 961. The van der Waals surface area contributed by atoms with Gasteiger partial charge in [-0.3, -0.25) is 9.48 Å². The van der Waals surface area contributed by atoms with E-state index in [-0.39, 0.29) is 5.91 Å². The molecule has 1 amide bonds. The van der Waals surface area contributed by atoms with Crippen LogP contribution in [0.25, 0.3) is 10.2 Å². The largest absolute Gasteiger partial charge is 0.319 e. The molecule has 126 valence electrons. The van der Waals surface area contributed by atoms with Crippen LogP contribution >= 0.6 is 11.3 Å². The van der Waals surface area contributed by atoms with Crippen LogP contribution in [0.2, 0.25) is 0 Å². The summed E-state index contributed by atoms with van der Waals surface area (Å²) in [5, 5.41) is 4.21. The monoisotopic (exact) mass is 342 g/mol. The summed E-state index contributed by atoms with van der Waals surface area (Å²) >= 11 is 1.55. The van der Waals surface area contributed by atoms with Crippen LogP contribution < -0.4 is 4.80 Å². The third kappa shape index (κ3) is 3.19. The highest BCUT2D eigenvalue weighted by Gasteiger charge is 2.13. The molecule has 0 unspecified atom stereocenters. The molecule has 5 nitrogen and oxygen atoms in total. The number of fused-ring (bicyclic) bond motifs is 1. The summed E-state index contributed by atoms with van der Waals surface area (Å²) in [6.07, 6.45) is 5.30. The van der Waals surface area contributed by atoms with Gasteiger partial charge in [0.15, 0.2) is 10.5 Å². The fourth-order valence-corrected chi connectivity index (χ4v) is 3.86. The molecular weight excluding hydrogens is 320 g/mol. The lowest BCUT2D eigenvalue weighted by Gasteiger charge is -2.00. The predicted octanol–water partition coefficient (Wildman–Crippen LogP) is 3.37. The fourth-order valence-electron chi connectivity index (χ4n) is 2.78. The number of hydrogen-bond donors (Lipinski definition) is 0. The Hall–Kier alpha value is -2.21. The quantitative estimate of drug-likeness (QED) is 0.730. The molecule has 6 heteroatoms. The first-order valence-electron chi connectivity index (χ1n) is 8.17. The van der Waals surface area contributed by atoms with E-state index in [1.165, 1.54) is 18.4 Å². The van der Waals surface area contributed by atoms with E-state index in [2.05, 4.69) is 35.2 Å². The van der Waals surface area contributed by atoms with E-state index in [0.29, 0.717) is 10.5 Å². The Kier molecular flexibility index (Phi) is 4.66. The fraction of sp³-hybridized carbons (Fsp3) is 0.389. The molecule has 0 saturated carbocycles. The number of hydrogen-bond acceptors (Lipinski definition) is 3. The summed E-state index contributed by atoms with van der Waals surface area (Å²) in [5.41, 5.74) is 3.70. The molecular formula is C18H22N4OS. The van der Waals surface area contributed by atoms with Gasteiger partial charge in [0.1, 0.15) is 0 Å². The van der Waals surface area contributed by atoms with E-state index in [4.69, 9.17) is 0 Å². The molecule has 24 heavy (non-hydrogen) atoms. The van der Waals surface area contributed by atoms with Crippen LogP contribution in [0.15, 0.2) is 29.4 Å². The Morgan fingerprint density at radius 3 is 2.79 bits per heavy atom. The number of unbranched alkanes of at least 4 members (excludes halogenated alkanes) is 1. The lowest BCUT2D eigenvalue weighted by Crippen LogP contribution is -2.14. The first-order valence-corrected chi connectivity index (χ1v) is 8.99. The van der Waals surface area contributed by atoms with Gasteiger partial charge in [0.25, 0.3) is 5.91 Å². The van der Waals surface area contributed by atoms with Gasteiger partial charge in [-0.1, -0.05) is 30.7 Å². The molecule has 3 aromatic rings. The topological polar surface area (TPSA) is 52.2 Å². The van der Waals surface area contributed by atoms with E-state index in [9.17, 15) is 4.79 Å². The lowest BCUT2D eigenvalue weighted by molar-refractivity contribution is 0.0992. The standard InChI is InChI=1S/C18H22N4OS/c1-5-6-7-13-8-9-14-15(10-13)24-18(22(14)4)19-17(23)16-12(2)11-21(3)20-16/h8-11H,5-7H2,1-4H3. The summed E-state index contributed by atoms with van der Waals surface area (Å²) in [5.74, 6) is -0.290. The molecule has 1 aromatic carbocycles. The minimum Gasteiger partial charge on any atom is -0.319 e. The van der Waals surface area contributed by atoms with Gasteiger partial charge in [-0.2, -0.15) is 10.1 Å². The zero-order chi connectivity index (χ0) is 17.3. The molecule has 0 aliphatic carbocycles. The second-order valence-electron chi connectivity index (χ2n) is 6.10. The van der Waals surface area contributed by atoms with Crippen molar-refractivity contribution in [2.45, 2.75) is 33.1 Å². The highest BCUT2D eigenvalue weighted by atomic mass is 32.1. The Morgan fingerprint density at radius 1 is 1.33 bits per heavy atom. The summed E-state index contributed by atoms with van der Waals surface area (Å²) in [6, 6.07) is 6.50. The van der Waals surface area contributed by atoms with E-state index >= 15 is 0 Å². The highest BCUT2D eigenvalue weighted by Crippen LogP contribution is 2.19. The highest BCUT2D eigenvalue weighted by molar-refractivity contribution is 7.16. The third-order valence-electron chi connectivity index (χ3n) is 4.10. The number of aromatic nitrogens is 3. The average molecular weight is 342 g/mol. The van der Waals surface area contributed by atoms with Gasteiger partial charge in [0.2, 0.25) is 0 Å². The first kappa shape index (κ1) is 16.6. The number of aryl methyl sites for hydroxylation is 4. The summed E-state index contributed by atoms with van der Waals surface area (Å²) in [6.45, 7) is 4.08. The zero-order valence-corrected chi connectivity index (χ0v) is 15.4. The second kappa shape index (κ2) is 6.73. The van der Waals surface area contributed by atoms with Crippen LogP contribution in [0.3, 0.4) is 0 Å². The molecule has 0 saturated heterocycles. The van der Waals surface area contributed by atoms with Gasteiger partial charge in [0.05, 0.1) is 10.2 Å². The van der Waals surface area contributed by atoms with Crippen molar-refractivity contribution in [1.82, 2.24) is 14.3 Å². The molecule has 0 fully saturated rings. The Balaban J connectivity index is 2.01. The van der Waals surface area contributed by atoms with Crippen LogP contribution in [0.5, 0.6) is 0 Å². The minimum atomic E-state index is -0.290.